The van der Waals surface area contributed by atoms with E-state index in [1.165, 1.54) is 0 Å². The minimum Gasteiger partial charge on any atom is -0.507 e. The first-order chi connectivity index (χ1) is 7.02. The van der Waals surface area contributed by atoms with Crippen LogP contribution < -0.4 is 5.32 Å². The summed E-state index contributed by atoms with van der Waals surface area (Å²) >= 11 is 5.70. The van der Waals surface area contributed by atoms with Gasteiger partial charge in [0.25, 0.3) is 5.91 Å². The molecule has 2 N–H and O–H groups in total. The summed E-state index contributed by atoms with van der Waals surface area (Å²) in [4.78, 5) is 11.6. The zero-order valence-electron chi connectivity index (χ0n) is 8.75. The summed E-state index contributed by atoms with van der Waals surface area (Å²) in [6, 6.07) is 5.06. The van der Waals surface area contributed by atoms with Gasteiger partial charge in [-0.1, -0.05) is 12.1 Å². The molecule has 1 rings (SSSR count). The third-order valence-electron chi connectivity index (χ3n) is 2.03. The standard InChI is InChI=1S/C11H14ClNO2/c1-7-4-3-5-9(10(7)14)11(15)13-6-8(2)12/h3-5,8,14H,6H2,1-2H3,(H,13,15). The lowest BCUT2D eigenvalue weighted by atomic mass is 10.1. The molecule has 1 amide bonds. The van der Waals surface area contributed by atoms with E-state index in [0.717, 1.165) is 0 Å². The molecule has 1 atom stereocenters. The number of amides is 1. The number of halogens is 1. The molecule has 82 valence electrons. The Morgan fingerprint density at radius 2 is 2.27 bits per heavy atom. The van der Waals surface area contributed by atoms with E-state index in [1.54, 1.807) is 32.0 Å². The van der Waals surface area contributed by atoms with Crippen LogP contribution in [0.2, 0.25) is 0 Å². The number of para-hydroxylation sites is 1. The topological polar surface area (TPSA) is 49.3 Å². The van der Waals surface area contributed by atoms with E-state index in [2.05, 4.69) is 5.32 Å². The monoisotopic (exact) mass is 227 g/mol. The molecule has 0 spiro atoms. The summed E-state index contributed by atoms with van der Waals surface area (Å²) in [5.41, 5.74) is 0.967. The minimum absolute atomic E-state index is 0.0252. The average Bonchev–Trinajstić information content (AvgIpc) is 2.18. The van der Waals surface area contributed by atoms with Gasteiger partial charge in [-0.25, -0.2) is 0 Å². The fraction of sp³-hybridized carbons (Fsp3) is 0.364. The van der Waals surface area contributed by atoms with Crippen LogP contribution in [0.5, 0.6) is 5.75 Å². The van der Waals surface area contributed by atoms with Crippen molar-refractivity contribution in [2.24, 2.45) is 0 Å². The van der Waals surface area contributed by atoms with Crippen molar-refractivity contribution < 1.29 is 9.90 Å². The molecule has 1 aromatic rings. The van der Waals surface area contributed by atoms with Crippen molar-refractivity contribution in [3.63, 3.8) is 0 Å². The maximum atomic E-state index is 11.6. The number of alkyl halides is 1. The molecule has 1 aromatic carbocycles. The van der Waals surface area contributed by atoms with Gasteiger partial charge in [0, 0.05) is 11.9 Å². The Balaban J connectivity index is 2.78. The van der Waals surface area contributed by atoms with E-state index < -0.39 is 0 Å². The lowest BCUT2D eigenvalue weighted by molar-refractivity contribution is 0.0951. The van der Waals surface area contributed by atoms with E-state index in [1.807, 2.05) is 0 Å². The van der Waals surface area contributed by atoms with E-state index in [4.69, 9.17) is 11.6 Å². The van der Waals surface area contributed by atoms with Crippen LogP contribution in [0, 0.1) is 6.92 Å². The van der Waals surface area contributed by atoms with Crippen molar-refractivity contribution in [2.45, 2.75) is 19.2 Å². The molecule has 0 aromatic heterocycles. The summed E-state index contributed by atoms with van der Waals surface area (Å²) < 4.78 is 0. The van der Waals surface area contributed by atoms with E-state index >= 15 is 0 Å². The average molecular weight is 228 g/mol. The van der Waals surface area contributed by atoms with Crippen LogP contribution in [0.4, 0.5) is 0 Å². The first-order valence-electron chi connectivity index (χ1n) is 4.73. The third kappa shape index (κ3) is 3.13. The zero-order valence-corrected chi connectivity index (χ0v) is 9.51. The highest BCUT2D eigenvalue weighted by Crippen LogP contribution is 2.20. The van der Waals surface area contributed by atoms with Crippen molar-refractivity contribution in [3.05, 3.63) is 29.3 Å². The smallest absolute Gasteiger partial charge is 0.255 e. The molecule has 1 unspecified atom stereocenters. The molecule has 0 radical (unpaired) electrons. The lowest BCUT2D eigenvalue weighted by Crippen LogP contribution is -2.28. The summed E-state index contributed by atoms with van der Waals surface area (Å²) in [7, 11) is 0. The maximum Gasteiger partial charge on any atom is 0.255 e. The molecule has 15 heavy (non-hydrogen) atoms. The Kier molecular flexibility index (Phi) is 3.97. The van der Waals surface area contributed by atoms with Crippen LogP contribution in [0.25, 0.3) is 0 Å². The maximum absolute atomic E-state index is 11.6. The normalized spacial score (nSPS) is 12.2. The second-order valence-corrected chi connectivity index (χ2v) is 4.21. The fourth-order valence-electron chi connectivity index (χ4n) is 1.17. The number of benzene rings is 1. The van der Waals surface area contributed by atoms with Gasteiger partial charge in [-0.3, -0.25) is 4.79 Å². The number of aryl methyl sites for hydroxylation is 1. The first-order valence-corrected chi connectivity index (χ1v) is 5.17. The molecule has 0 aliphatic carbocycles. The number of hydrogen-bond donors (Lipinski definition) is 2. The van der Waals surface area contributed by atoms with Gasteiger partial charge in [0.15, 0.2) is 0 Å². The summed E-state index contributed by atoms with van der Waals surface area (Å²) in [5.74, 6) is -0.277. The van der Waals surface area contributed by atoms with Crippen molar-refractivity contribution >= 4 is 17.5 Å². The van der Waals surface area contributed by atoms with Gasteiger partial charge >= 0.3 is 0 Å². The predicted octanol–water partition coefficient (Wildman–Crippen LogP) is 2.06. The van der Waals surface area contributed by atoms with Crippen LogP contribution >= 0.6 is 11.6 Å². The second kappa shape index (κ2) is 5.03. The van der Waals surface area contributed by atoms with E-state index in [0.29, 0.717) is 12.1 Å². The fourth-order valence-corrected chi connectivity index (χ4v) is 1.25. The van der Waals surface area contributed by atoms with Gasteiger partial charge in [-0.2, -0.15) is 0 Å². The lowest BCUT2D eigenvalue weighted by Gasteiger charge is -2.08. The Labute approximate surface area is 94.1 Å². The van der Waals surface area contributed by atoms with Crippen LogP contribution in [-0.4, -0.2) is 22.9 Å². The molecule has 3 nitrogen and oxygen atoms in total. The largest absolute Gasteiger partial charge is 0.507 e. The molecule has 0 bridgehead atoms. The summed E-state index contributed by atoms with van der Waals surface area (Å²) in [6.45, 7) is 3.92. The first kappa shape index (κ1) is 11.9. The number of phenols is 1. The molecule has 0 fully saturated rings. The second-order valence-electron chi connectivity index (χ2n) is 3.46. The number of hydrogen-bond acceptors (Lipinski definition) is 2. The zero-order chi connectivity index (χ0) is 11.4. The number of carbonyl (C=O) groups is 1. The molecular weight excluding hydrogens is 214 g/mol. The van der Waals surface area contributed by atoms with Crippen molar-refractivity contribution in [2.75, 3.05) is 6.54 Å². The van der Waals surface area contributed by atoms with Gasteiger partial charge in [0.1, 0.15) is 5.75 Å². The van der Waals surface area contributed by atoms with Crippen LogP contribution in [0.3, 0.4) is 0 Å². The van der Waals surface area contributed by atoms with E-state index in [-0.39, 0.29) is 22.6 Å². The van der Waals surface area contributed by atoms with Crippen molar-refractivity contribution in [1.29, 1.82) is 0 Å². The molecule has 0 heterocycles. The number of phenolic OH excluding ortho intramolecular Hbond substituents is 1. The summed E-state index contributed by atoms with van der Waals surface area (Å²) in [6.07, 6.45) is 0. The van der Waals surface area contributed by atoms with Crippen LogP contribution in [0.1, 0.15) is 22.8 Å². The number of aromatic hydroxyl groups is 1. The number of rotatable bonds is 3. The highest BCUT2D eigenvalue weighted by atomic mass is 35.5. The molecule has 0 saturated carbocycles. The van der Waals surface area contributed by atoms with Gasteiger partial charge < -0.3 is 10.4 Å². The third-order valence-corrected chi connectivity index (χ3v) is 2.18. The van der Waals surface area contributed by atoms with Crippen molar-refractivity contribution in [3.8, 4) is 5.75 Å². The quantitative estimate of drug-likeness (QED) is 0.777. The summed E-state index contributed by atoms with van der Waals surface area (Å²) in [5, 5.41) is 12.2. The molecular formula is C11H14ClNO2. The molecule has 0 aliphatic heterocycles. The van der Waals surface area contributed by atoms with Crippen LogP contribution in [-0.2, 0) is 0 Å². The van der Waals surface area contributed by atoms with Crippen molar-refractivity contribution in [1.82, 2.24) is 5.32 Å². The van der Waals surface area contributed by atoms with Gasteiger partial charge in [0.2, 0.25) is 0 Å². The molecule has 0 aliphatic rings. The minimum atomic E-state index is -0.302. The Morgan fingerprint density at radius 3 is 2.87 bits per heavy atom. The predicted molar refractivity (Wildman–Crippen MR) is 60.5 cm³/mol. The van der Waals surface area contributed by atoms with Gasteiger partial charge in [0.05, 0.1) is 5.56 Å². The number of carbonyl (C=O) groups excluding carboxylic acids is 1. The molecule has 0 saturated heterocycles. The highest BCUT2D eigenvalue weighted by Gasteiger charge is 2.12. The SMILES string of the molecule is Cc1cccc(C(=O)NCC(C)Cl)c1O. The van der Waals surface area contributed by atoms with Gasteiger partial charge in [-0.05, 0) is 25.5 Å². The number of nitrogens with one attached hydrogen (secondary N) is 1. The molecule has 4 heteroatoms. The Morgan fingerprint density at radius 1 is 1.60 bits per heavy atom. The highest BCUT2D eigenvalue weighted by molar-refractivity contribution is 6.20. The van der Waals surface area contributed by atoms with Gasteiger partial charge in [-0.15, -0.1) is 11.6 Å². The van der Waals surface area contributed by atoms with Crippen LogP contribution in [0.15, 0.2) is 18.2 Å². The Bertz CT molecular complexity index is 364. The Hall–Kier alpha value is -1.22. The van der Waals surface area contributed by atoms with E-state index in [9.17, 15) is 9.90 Å².